The Balaban J connectivity index is 1.86. The number of hydrogen-bond donors (Lipinski definition) is 3. The summed E-state index contributed by atoms with van der Waals surface area (Å²) >= 11 is 5.73. The Hall–Kier alpha value is -3.17. The number of nitro groups is 1. The minimum Gasteiger partial charge on any atom is -0.544 e. The van der Waals surface area contributed by atoms with Gasteiger partial charge in [-0.2, -0.15) is 0 Å². The lowest BCUT2D eigenvalue weighted by Gasteiger charge is -2.17. The summed E-state index contributed by atoms with van der Waals surface area (Å²) in [7, 11) is 0. The third-order valence-corrected chi connectivity index (χ3v) is 4.40. The van der Waals surface area contributed by atoms with Crippen molar-refractivity contribution in [2.24, 2.45) is 0 Å². The molecule has 0 aromatic heterocycles. The Labute approximate surface area is 172 Å². The Morgan fingerprint density at radius 2 is 1.97 bits per heavy atom. The zero-order chi connectivity index (χ0) is 21.4. The zero-order valence-electron chi connectivity index (χ0n) is 15.7. The first-order valence-corrected chi connectivity index (χ1v) is 9.22. The lowest BCUT2D eigenvalue weighted by Crippen LogP contribution is -2.94. The van der Waals surface area contributed by atoms with Gasteiger partial charge in [0, 0.05) is 17.4 Å². The first-order valence-electron chi connectivity index (χ1n) is 8.85. The van der Waals surface area contributed by atoms with E-state index in [9.17, 15) is 24.8 Å². The highest BCUT2D eigenvalue weighted by Crippen LogP contribution is 2.27. The number of carboxylic acid groups (broad SMARTS) is 1. The van der Waals surface area contributed by atoms with Crippen LogP contribution in [0.25, 0.3) is 0 Å². The van der Waals surface area contributed by atoms with Crippen LogP contribution in [0.1, 0.15) is 12.0 Å². The van der Waals surface area contributed by atoms with Crippen molar-refractivity contribution in [1.29, 1.82) is 0 Å². The molecule has 0 unspecified atom stereocenters. The molecule has 0 heterocycles. The number of nitrogens with two attached hydrogens (primary N) is 1. The summed E-state index contributed by atoms with van der Waals surface area (Å²) in [6.45, 7) is 2.88. The van der Waals surface area contributed by atoms with Crippen molar-refractivity contribution in [2.45, 2.75) is 19.4 Å². The number of carbonyl (C=O) groups excluding carboxylic acids is 2. The Morgan fingerprint density at radius 1 is 1.21 bits per heavy atom. The number of nitrogens with one attached hydrogen (secondary N) is 2. The van der Waals surface area contributed by atoms with Gasteiger partial charge < -0.3 is 25.9 Å². The quantitative estimate of drug-likeness (QED) is 0.293. The minimum absolute atomic E-state index is 0.0601. The number of aryl methyl sites for hydroxylation is 1. The molecule has 0 radical (unpaired) electrons. The summed E-state index contributed by atoms with van der Waals surface area (Å²) in [5.74, 6) is -1.96. The van der Waals surface area contributed by atoms with Crippen LogP contribution in [0.5, 0.6) is 0 Å². The number of hydrogen-bond acceptors (Lipinski definition) is 6. The van der Waals surface area contributed by atoms with Crippen LogP contribution in [0, 0.1) is 17.0 Å². The average Bonchev–Trinajstić information content (AvgIpc) is 2.65. The molecule has 2 aromatic carbocycles. The van der Waals surface area contributed by atoms with Gasteiger partial charge in [0.1, 0.15) is 11.1 Å². The van der Waals surface area contributed by atoms with E-state index in [0.717, 1.165) is 17.3 Å². The number of amides is 1. The van der Waals surface area contributed by atoms with Crippen LogP contribution in [0.15, 0.2) is 42.5 Å². The highest BCUT2D eigenvalue weighted by Gasteiger charge is 2.19. The van der Waals surface area contributed by atoms with E-state index in [1.54, 1.807) is 0 Å². The Kier molecular flexibility index (Phi) is 7.93. The van der Waals surface area contributed by atoms with Gasteiger partial charge in [-0.3, -0.25) is 14.9 Å². The van der Waals surface area contributed by atoms with Crippen LogP contribution < -0.4 is 21.1 Å². The van der Waals surface area contributed by atoms with Crippen LogP contribution >= 0.6 is 11.6 Å². The van der Waals surface area contributed by atoms with Crippen LogP contribution in [0.2, 0.25) is 5.02 Å². The van der Waals surface area contributed by atoms with Gasteiger partial charge in [0.2, 0.25) is 5.91 Å². The highest BCUT2D eigenvalue weighted by molar-refractivity contribution is 6.32. The molecule has 0 aliphatic heterocycles. The number of aliphatic carboxylic acids is 1. The number of quaternary nitrogens is 1. The van der Waals surface area contributed by atoms with Crippen molar-refractivity contribution < 1.29 is 24.9 Å². The summed E-state index contributed by atoms with van der Waals surface area (Å²) in [6.07, 6.45) is -0.344. The molecule has 0 aliphatic rings. The fourth-order valence-electron chi connectivity index (χ4n) is 2.66. The maximum atomic E-state index is 12.1. The molecular formula is C19H21ClN4O5. The maximum Gasteiger partial charge on any atom is 0.289 e. The van der Waals surface area contributed by atoms with Gasteiger partial charge in [-0.05, 0) is 36.8 Å². The van der Waals surface area contributed by atoms with Crippen molar-refractivity contribution in [1.82, 2.24) is 0 Å². The average molecular weight is 421 g/mol. The maximum absolute atomic E-state index is 12.1. The molecular weight excluding hydrogens is 400 g/mol. The Bertz CT molecular complexity index is 906. The summed E-state index contributed by atoms with van der Waals surface area (Å²) in [5.41, 5.74) is 1.83. The van der Waals surface area contributed by atoms with Crippen molar-refractivity contribution in [3.8, 4) is 0 Å². The smallest absolute Gasteiger partial charge is 0.289 e. The predicted molar refractivity (Wildman–Crippen MR) is 107 cm³/mol. The van der Waals surface area contributed by atoms with Crippen LogP contribution in [-0.2, 0) is 9.59 Å². The molecule has 0 aliphatic carbocycles. The van der Waals surface area contributed by atoms with E-state index in [4.69, 9.17) is 11.6 Å². The second-order valence-electron chi connectivity index (χ2n) is 6.42. The number of halogens is 1. The van der Waals surface area contributed by atoms with E-state index in [1.807, 2.05) is 31.2 Å². The Morgan fingerprint density at radius 3 is 2.62 bits per heavy atom. The van der Waals surface area contributed by atoms with E-state index in [2.05, 4.69) is 10.6 Å². The molecule has 154 valence electrons. The van der Waals surface area contributed by atoms with Crippen molar-refractivity contribution in [3.63, 3.8) is 0 Å². The summed E-state index contributed by atoms with van der Waals surface area (Å²) in [6, 6.07) is 10.5. The highest BCUT2D eigenvalue weighted by atomic mass is 35.5. The standard InChI is InChI=1S/C19H21ClN4O5/c1-12-3-2-4-13(9-12)21-7-8-22-16(19(26)27)11-18(25)23-14-5-6-15(20)17(10-14)24(28)29/h2-6,9-10,16,21-22H,7-8,11H2,1H3,(H,23,25)(H,26,27)/t16-/m0/s1. The molecule has 4 N–H and O–H groups in total. The summed E-state index contributed by atoms with van der Waals surface area (Å²) < 4.78 is 0. The third-order valence-electron chi connectivity index (χ3n) is 4.08. The largest absolute Gasteiger partial charge is 0.544 e. The van der Waals surface area contributed by atoms with Gasteiger partial charge in [-0.1, -0.05) is 23.7 Å². The minimum atomic E-state index is -1.36. The first-order chi connectivity index (χ1) is 13.8. The SMILES string of the molecule is Cc1cccc(NCC[NH2+][C@@H](CC(=O)Nc2ccc(Cl)c([N+](=O)[O-])c2)C(=O)[O-])c1. The third kappa shape index (κ3) is 7.05. The molecule has 2 aromatic rings. The zero-order valence-corrected chi connectivity index (χ0v) is 16.4. The normalized spacial score (nSPS) is 11.5. The van der Waals surface area contributed by atoms with E-state index in [0.29, 0.717) is 13.1 Å². The number of carbonyl (C=O) groups is 2. The van der Waals surface area contributed by atoms with Crippen LogP contribution in [-0.4, -0.2) is 35.9 Å². The molecule has 1 amide bonds. The van der Waals surface area contributed by atoms with Crippen molar-refractivity contribution >= 4 is 40.5 Å². The van der Waals surface area contributed by atoms with Gasteiger partial charge >= 0.3 is 0 Å². The summed E-state index contributed by atoms with van der Waals surface area (Å²) in [4.78, 5) is 33.7. The lowest BCUT2D eigenvalue weighted by atomic mass is 10.2. The first kappa shape index (κ1) is 22.1. The second kappa shape index (κ2) is 10.4. The van der Waals surface area contributed by atoms with Gasteiger partial charge in [0.15, 0.2) is 0 Å². The lowest BCUT2D eigenvalue weighted by molar-refractivity contribution is -0.680. The second-order valence-corrected chi connectivity index (χ2v) is 6.83. The van der Waals surface area contributed by atoms with Crippen LogP contribution in [0.4, 0.5) is 17.1 Å². The van der Waals surface area contributed by atoms with Crippen molar-refractivity contribution in [3.05, 3.63) is 63.2 Å². The number of nitrogens with zero attached hydrogens (tertiary/aromatic N) is 1. The molecule has 29 heavy (non-hydrogen) atoms. The fraction of sp³-hybridized carbons (Fsp3) is 0.263. The number of rotatable bonds is 10. The van der Waals surface area contributed by atoms with E-state index < -0.39 is 22.8 Å². The molecule has 0 saturated heterocycles. The van der Waals surface area contributed by atoms with E-state index in [-0.39, 0.29) is 22.8 Å². The van der Waals surface area contributed by atoms with Gasteiger partial charge in [-0.25, -0.2) is 0 Å². The fourth-order valence-corrected chi connectivity index (χ4v) is 2.85. The predicted octanol–water partition coefficient (Wildman–Crippen LogP) is 0.679. The monoisotopic (exact) mass is 420 g/mol. The molecule has 0 fully saturated rings. The summed E-state index contributed by atoms with van der Waals surface area (Å²) in [5, 5.41) is 29.3. The molecule has 0 spiro atoms. The van der Waals surface area contributed by atoms with Crippen LogP contribution in [0.3, 0.4) is 0 Å². The van der Waals surface area contributed by atoms with Gasteiger partial charge in [-0.15, -0.1) is 0 Å². The van der Waals surface area contributed by atoms with E-state index in [1.165, 1.54) is 17.4 Å². The molecule has 0 saturated carbocycles. The molecule has 10 heteroatoms. The topological polar surface area (TPSA) is 141 Å². The number of anilines is 2. The van der Waals surface area contributed by atoms with Crippen molar-refractivity contribution in [2.75, 3.05) is 23.7 Å². The molecule has 9 nitrogen and oxygen atoms in total. The van der Waals surface area contributed by atoms with E-state index >= 15 is 0 Å². The van der Waals surface area contributed by atoms with Gasteiger partial charge in [0.25, 0.3) is 5.69 Å². The molecule has 0 bridgehead atoms. The van der Waals surface area contributed by atoms with Gasteiger partial charge in [0.05, 0.1) is 30.4 Å². The molecule has 1 atom stereocenters. The number of benzene rings is 2. The number of carboxylic acids is 1. The number of nitro benzene ring substituents is 1. The molecule has 2 rings (SSSR count).